The molecule has 1 saturated heterocycles. The van der Waals surface area contributed by atoms with Gasteiger partial charge in [-0.1, -0.05) is 0 Å². The van der Waals surface area contributed by atoms with Gasteiger partial charge in [0.1, 0.15) is 17.9 Å². The first kappa shape index (κ1) is 26.2. The SMILES string of the molecule is Nc1ncnc2c1ncn2C[C@@H]1O[C@H](COP(=O)(O)OP(=O)(O)OP(=O)(O)O)[C@@H](CO)[C@H]1O. The molecule has 21 heteroatoms. The smallest absolute Gasteiger partial charge is 0.396 e. The van der Waals surface area contributed by atoms with Crippen molar-refractivity contribution in [1.82, 2.24) is 19.5 Å². The second-order valence-corrected chi connectivity index (χ2v) is 11.2. The number of aliphatic hydroxyl groups excluding tert-OH is 2. The summed E-state index contributed by atoms with van der Waals surface area (Å²) in [5, 5.41) is 20.1. The van der Waals surface area contributed by atoms with Gasteiger partial charge >= 0.3 is 23.5 Å². The van der Waals surface area contributed by atoms with Crippen LogP contribution in [0.1, 0.15) is 0 Å². The minimum absolute atomic E-state index is 0.0175. The van der Waals surface area contributed by atoms with Gasteiger partial charge in [0, 0.05) is 5.92 Å². The monoisotopic (exact) mass is 535 g/mol. The summed E-state index contributed by atoms with van der Waals surface area (Å²) in [5.41, 5.74) is 6.38. The number of phosphoric acid groups is 3. The lowest BCUT2D eigenvalue weighted by atomic mass is 9.97. The predicted octanol–water partition coefficient (Wildman–Crippen LogP) is -1.51. The summed E-state index contributed by atoms with van der Waals surface area (Å²) in [7, 11) is -16.6. The van der Waals surface area contributed by atoms with Crippen molar-refractivity contribution in [2.75, 3.05) is 18.9 Å². The molecule has 0 radical (unpaired) electrons. The van der Waals surface area contributed by atoms with Crippen molar-refractivity contribution in [3.8, 4) is 0 Å². The second-order valence-electron chi connectivity index (χ2n) is 6.76. The van der Waals surface area contributed by atoms with Crippen LogP contribution in [-0.4, -0.2) is 80.8 Å². The van der Waals surface area contributed by atoms with Gasteiger partial charge in [-0.25, -0.2) is 28.6 Å². The lowest BCUT2D eigenvalue weighted by Crippen LogP contribution is -2.33. The van der Waals surface area contributed by atoms with Gasteiger partial charge in [-0.2, -0.15) is 8.62 Å². The van der Waals surface area contributed by atoms with Gasteiger partial charge < -0.3 is 44.8 Å². The fourth-order valence-electron chi connectivity index (χ4n) is 3.14. The molecule has 0 spiro atoms. The molecule has 2 aromatic heterocycles. The summed E-state index contributed by atoms with van der Waals surface area (Å²) >= 11 is 0. The van der Waals surface area contributed by atoms with Crippen molar-refractivity contribution in [2.24, 2.45) is 5.92 Å². The summed E-state index contributed by atoms with van der Waals surface area (Å²) in [6, 6.07) is 0. The summed E-state index contributed by atoms with van der Waals surface area (Å²) < 4.78 is 52.8. The molecule has 0 aromatic carbocycles. The van der Waals surface area contributed by atoms with Crippen LogP contribution >= 0.6 is 23.5 Å². The molecule has 1 aliphatic heterocycles. The highest BCUT2D eigenvalue weighted by Gasteiger charge is 2.46. The van der Waals surface area contributed by atoms with Gasteiger partial charge in [-0.3, -0.25) is 4.52 Å². The molecule has 8 N–H and O–H groups in total. The minimum Gasteiger partial charge on any atom is -0.396 e. The summed E-state index contributed by atoms with van der Waals surface area (Å²) in [4.78, 5) is 47.7. The van der Waals surface area contributed by atoms with Gasteiger partial charge in [-0.15, -0.1) is 0 Å². The Hall–Kier alpha value is -1.36. The number of nitrogens with two attached hydrogens (primary N) is 1. The zero-order chi connectivity index (χ0) is 24.6. The standard InChI is InChI=1S/C12H20N5O13P3/c13-11-9-12(15-4-14-11)17(5-16-9)1-7-10(19)6(2-18)8(28-7)3-27-32(23,24)30-33(25,26)29-31(20,21)22/h4-8,10,18-19H,1-3H2,(H,23,24)(H,25,26)(H2,13,14,15)(H2,20,21,22)/t6-,7+,8-,10-/m1/s1. The van der Waals surface area contributed by atoms with Crippen molar-refractivity contribution < 1.29 is 61.4 Å². The number of hydrogen-bond acceptors (Lipinski definition) is 13. The second kappa shape index (κ2) is 9.71. The van der Waals surface area contributed by atoms with Crippen LogP contribution in [0, 0.1) is 5.92 Å². The molecule has 1 fully saturated rings. The molecule has 33 heavy (non-hydrogen) atoms. The predicted molar refractivity (Wildman–Crippen MR) is 105 cm³/mol. The van der Waals surface area contributed by atoms with Crippen LogP contribution < -0.4 is 5.73 Å². The molecule has 6 atom stereocenters. The first-order chi connectivity index (χ1) is 15.2. The first-order valence-electron chi connectivity index (χ1n) is 8.85. The molecule has 0 saturated carbocycles. The molecule has 2 aromatic rings. The Kier molecular flexibility index (Phi) is 7.73. The first-order valence-corrected chi connectivity index (χ1v) is 13.4. The van der Waals surface area contributed by atoms with Crippen LogP contribution in [0.3, 0.4) is 0 Å². The summed E-state index contributed by atoms with van der Waals surface area (Å²) in [6.45, 7) is -1.46. The number of phosphoric ester groups is 1. The third kappa shape index (κ3) is 6.61. The van der Waals surface area contributed by atoms with Gasteiger partial charge in [0.15, 0.2) is 11.5 Å². The average Bonchev–Trinajstić information content (AvgIpc) is 3.19. The Balaban J connectivity index is 1.66. The molecule has 0 amide bonds. The molecule has 0 bridgehead atoms. The van der Waals surface area contributed by atoms with E-state index in [1.54, 1.807) is 0 Å². The van der Waals surface area contributed by atoms with E-state index in [1.165, 1.54) is 17.2 Å². The Morgan fingerprint density at radius 3 is 2.39 bits per heavy atom. The van der Waals surface area contributed by atoms with Crippen molar-refractivity contribution in [3.05, 3.63) is 12.7 Å². The molecule has 2 unspecified atom stereocenters. The highest BCUT2D eigenvalue weighted by atomic mass is 31.3. The number of ether oxygens (including phenoxy) is 1. The zero-order valence-electron chi connectivity index (χ0n) is 16.3. The van der Waals surface area contributed by atoms with Gasteiger partial charge in [0.25, 0.3) is 0 Å². The molecule has 3 rings (SSSR count). The van der Waals surface area contributed by atoms with Crippen molar-refractivity contribution in [1.29, 1.82) is 0 Å². The van der Waals surface area contributed by atoms with E-state index in [1.807, 2.05) is 0 Å². The fourth-order valence-corrected chi connectivity index (χ4v) is 6.17. The van der Waals surface area contributed by atoms with Gasteiger partial charge in [0.05, 0.1) is 38.3 Å². The number of hydrogen-bond donors (Lipinski definition) is 7. The number of nitrogen functional groups attached to an aromatic ring is 1. The van der Waals surface area contributed by atoms with E-state index < -0.39 is 60.9 Å². The third-order valence-corrected chi connectivity index (χ3v) is 8.28. The summed E-state index contributed by atoms with van der Waals surface area (Å²) in [6.07, 6.45) is -0.844. The van der Waals surface area contributed by atoms with Crippen molar-refractivity contribution >= 4 is 40.4 Å². The van der Waals surface area contributed by atoms with Crippen LogP contribution in [0.5, 0.6) is 0 Å². The number of nitrogens with zero attached hydrogens (tertiary/aromatic N) is 4. The van der Waals surface area contributed by atoms with Crippen molar-refractivity contribution in [2.45, 2.75) is 24.9 Å². The van der Waals surface area contributed by atoms with E-state index >= 15 is 0 Å². The average molecular weight is 535 g/mol. The lowest BCUT2D eigenvalue weighted by Gasteiger charge is -2.20. The number of anilines is 1. The highest BCUT2D eigenvalue weighted by Crippen LogP contribution is 2.66. The number of aromatic nitrogens is 4. The Bertz CT molecular complexity index is 1140. The van der Waals surface area contributed by atoms with Gasteiger partial charge in [-0.05, 0) is 0 Å². The normalized spacial score (nSPS) is 27.5. The topological polar surface area (TPSA) is 279 Å². The maximum atomic E-state index is 11.9. The quantitative estimate of drug-likeness (QED) is 0.170. The number of rotatable bonds is 10. The van der Waals surface area contributed by atoms with Crippen LogP contribution in [0.4, 0.5) is 5.82 Å². The van der Waals surface area contributed by atoms with E-state index in [4.69, 9.17) is 20.3 Å². The largest absolute Gasteiger partial charge is 0.490 e. The fraction of sp³-hybridized carbons (Fsp3) is 0.583. The van der Waals surface area contributed by atoms with E-state index in [0.29, 0.717) is 11.2 Å². The van der Waals surface area contributed by atoms with Gasteiger partial charge in [0.2, 0.25) is 0 Å². The molecule has 0 aliphatic carbocycles. The molecular formula is C12H20N5O13P3. The maximum Gasteiger partial charge on any atom is 0.490 e. The third-order valence-electron chi connectivity index (χ3n) is 4.48. The molecule has 3 heterocycles. The molecular weight excluding hydrogens is 515 g/mol. The molecule has 1 aliphatic rings. The van der Waals surface area contributed by atoms with Crippen LogP contribution in [-0.2, 0) is 38.1 Å². The molecule has 18 nitrogen and oxygen atoms in total. The van der Waals surface area contributed by atoms with Crippen LogP contribution in [0.15, 0.2) is 12.7 Å². The van der Waals surface area contributed by atoms with Crippen molar-refractivity contribution in [3.63, 3.8) is 0 Å². The van der Waals surface area contributed by atoms with Crippen LogP contribution in [0.25, 0.3) is 11.2 Å². The van der Waals surface area contributed by atoms with E-state index in [2.05, 4.69) is 28.1 Å². The van der Waals surface area contributed by atoms with E-state index in [9.17, 15) is 33.7 Å². The van der Waals surface area contributed by atoms with Crippen LogP contribution in [0.2, 0.25) is 0 Å². The Labute approximate surface area is 184 Å². The zero-order valence-corrected chi connectivity index (χ0v) is 19.0. The summed E-state index contributed by atoms with van der Waals surface area (Å²) in [5.74, 6) is -0.870. The Morgan fingerprint density at radius 2 is 1.76 bits per heavy atom. The highest BCUT2D eigenvalue weighted by molar-refractivity contribution is 7.66. The number of fused-ring (bicyclic) bond motifs is 1. The maximum absolute atomic E-state index is 11.9. The number of imidazole rings is 1. The Morgan fingerprint density at radius 1 is 1.06 bits per heavy atom. The molecule has 186 valence electrons. The van der Waals surface area contributed by atoms with E-state index in [-0.39, 0.29) is 12.4 Å². The van der Waals surface area contributed by atoms with E-state index in [0.717, 1.165) is 0 Å². The minimum atomic E-state index is -5.68. The lowest BCUT2D eigenvalue weighted by molar-refractivity contribution is -0.0198. The number of aliphatic hydroxyl groups is 2.